The van der Waals surface area contributed by atoms with E-state index in [2.05, 4.69) is 16.4 Å². The highest BCUT2D eigenvalue weighted by Crippen LogP contribution is 2.24. The maximum absolute atomic E-state index is 8.69. The molecule has 0 bridgehead atoms. The first-order valence-corrected chi connectivity index (χ1v) is 5.44. The summed E-state index contributed by atoms with van der Waals surface area (Å²) in [6.45, 7) is 0. The van der Waals surface area contributed by atoms with Crippen molar-refractivity contribution in [2.75, 3.05) is 12.8 Å². The number of halogens is 1. The zero-order valence-corrected chi connectivity index (χ0v) is 9.27. The zero-order valence-electron chi connectivity index (χ0n) is 7.70. The summed E-state index contributed by atoms with van der Waals surface area (Å²) in [5, 5.41) is 13.0. The van der Waals surface area contributed by atoms with Crippen molar-refractivity contribution in [3.63, 3.8) is 0 Å². The molecule has 1 aromatic heterocycles. The Hall–Kier alpha value is -0.760. The molecule has 74 valence electrons. The number of hydrogen-bond acceptors (Lipinski definition) is 4. The number of pyridine rings is 1. The summed E-state index contributed by atoms with van der Waals surface area (Å²) in [5.74, 6) is 0.643. The average Bonchev–Trinajstić information content (AvgIpc) is 2.22. The minimum absolute atomic E-state index is 0.168. The minimum Gasteiger partial charge on any atom is -0.304 e. The molecule has 14 heavy (non-hydrogen) atoms. The topological polar surface area (TPSA) is 48.7 Å². The van der Waals surface area contributed by atoms with Crippen molar-refractivity contribution in [1.29, 1.82) is 5.26 Å². The van der Waals surface area contributed by atoms with E-state index in [1.165, 1.54) is 11.8 Å². The number of nitriles is 1. The van der Waals surface area contributed by atoms with Crippen LogP contribution < -0.4 is 5.32 Å². The third kappa shape index (κ3) is 3.18. The van der Waals surface area contributed by atoms with Crippen LogP contribution in [0.5, 0.6) is 0 Å². The Kier molecular flexibility index (Phi) is 4.74. The molecule has 1 rings (SSSR count). The van der Waals surface area contributed by atoms with Gasteiger partial charge < -0.3 is 5.32 Å². The van der Waals surface area contributed by atoms with Crippen LogP contribution in [0.1, 0.15) is 0 Å². The van der Waals surface area contributed by atoms with Gasteiger partial charge in [0, 0.05) is 11.9 Å². The molecule has 0 aromatic carbocycles. The molecule has 5 heteroatoms. The largest absolute Gasteiger partial charge is 0.304 e. The SMILES string of the molecule is CNC(C#N)CSc1ncccc1Cl. The highest BCUT2D eigenvalue weighted by atomic mass is 35.5. The first kappa shape index (κ1) is 11.3. The van der Waals surface area contributed by atoms with Gasteiger partial charge in [-0.1, -0.05) is 11.6 Å². The number of hydrogen-bond donors (Lipinski definition) is 1. The Balaban J connectivity index is 2.54. The molecular weight excluding hydrogens is 218 g/mol. The van der Waals surface area contributed by atoms with E-state index in [1.54, 1.807) is 25.4 Å². The normalized spacial score (nSPS) is 12.1. The van der Waals surface area contributed by atoms with Gasteiger partial charge in [0.2, 0.25) is 0 Å². The van der Waals surface area contributed by atoms with Crippen LogP contribution >= 0.6 is 23.4 Å². The van der Waals surface area contributed by atoms with E-state index < -0.39 is 0 Å². The summed E-state index contributed by atoms with van der Waals surface area (Å²) in [5.41, 5.74) is 0. The lowest BCUT2D eigenvalue weighted by atomic mass is 10.4. The number of nitrogens with one attached hydrogen (secondary N) is 1. The quantitative estimate of drug-likeness (QED) is 0.799. The number of aromatic nitrogens is 1. The second-order valence-electron chi connectivity index (χ2n) is 2.57. The van der Waals surface area contributed by atoms with E-state index >= 15 is 0 Å². The first-order chi connectivity index (χ1) is 6.77. The van der Waals surface area contributed by atoms with Crippen LogP contribution in [-0.2, 0) is 0 Å². The second-order valence-corrected chi connectivity index (χ2v) is 3.99. The Bertz CT molecular complexity index is 337. The molecule has 0 radical (unpaired) electrons. The molecule has 0 saturated carbocycles. The highest BCUT2D eigenvalue weighted by Gasteiger charge is 2.07. The van der Waals surface area contributed by atoms with Crippen LogP contribution in [0.25, 0.3) is 0 Å². The van der Waals surface area contributed by atoms with Crippen molar-refractivity contribution < 1.29 is 0 Å². The van der Waals surface area contributed by atoms with Crippen LogP contribution in [0.2, 0.25) is 5.02 Å². The van der Waals surface area contributed by atoms with Gasteiger partial charge in [0.05, 0.1) is 11.1 Å². The van der Waals surface area contributed by atoms with Crippen molar-refractivity contribution in [3.8, 4) is 6.07 Å². The second kappa shape index (κ2) is 5.86. The molecule has 0 aliphatic rings. The summed E-state index contributed by atoms with van der Waals surface area (Å²) in [7, 11) is 1.76. The van der Waals surface area contributed by atoms with E-state index in [4.69, 9.17) is 16.9 Å². The standard InChI is InChI=1S/C9H10ClN3S/c1-12-7(5-11)6-14-9-8(10)3-2-4-13-9/h2-4,7,12H,6H2,1H3. The monoisotopic (exact) mass is 227 g/mol. The highest BCUT2D eigenvalue weighted by molar-refractivity contribution is 7.99. The molecule has 3 nitrogen and oxygen atoms in total. The van der Waals surface area contributed by atoms with E-state index in [1.807, 2.05) is 0 Å². The Labute approximate surface area is 92.5 Å². The molecule has 1 unspecified atom stereocenters. The number of rotatable bonds is 4. The predicted molar refractivity (Wildman–Crippen MR) is 58.4 cm³/mol. The maximum atomic E-state index is 8.69. The minimum atomic E-state index is -0.168. The fraction of sp³-hybridized carbons (Fsp3) is 0.333. The third-order valence-corrected chi connectivity index (χ3v) is 3.13. The zero-order chi connectivity index (χ0) is 10.4. The van der Waals surface area contributed by atoms with Gasteiger partial charge in [0.25, 0.3) is 0 Å². The predicted octanol–water partition coefficient (Wildman–Crippen LogP) is 1.94. The summed E-state index contributed by atoms with van der Waals surface area (Å²) in [6.07, 6.45) is 1.69. The van der Waals surface area contributed by atoms with Crippen LogP contribution in [0.3, 0.4) is 0 Å². The van der Waals surface area contributed by atoms with E-state index in [-0.39, 0.29) is 6.04 Å². The molecule has 1 N–H and O–H groups in total. The number of nitrogens with zero attached hydrogens (tertiary/aromatic N) is 2. The molecule has 0 saturated heterocycles. The molecule has 0 spiro atoms. The third-order valence-electron chi connectivity index (χ3n) is 1.62. The molecule has 0 fully saturated rings. The molecule has 1 heterocycles. The first-order valence-electron chi connectivity index (χ1n) is 4.08. The summed E-state index contributed by atoms with van der Waals surface area (Å²) in [6, 6.07) is 5.54. The number of thioether (sulfide) groups is 1. The van der Waals surface area contributed by atoms with Gasteiger partial charge in [-0.3, -0.25) is 0 Å². The van der Waals surface area contributed by atoms with Crippen molar-refractivity contribution in [1.82, 2.24) is 10.3 Å². The molecule has 1 aromatic rings. The van der Waals surface area contributed by atoms with Gasteiger partial charge in [0.1, 0.15) is 11.1 Å². The maximum Gasteiger partial charge on any atom is 0.115 e. The summed E-state index contributed by atoms with van der Waals surface area (Å²) in [4.78, 5) is 4.11. The molecule has 0 amide bonds. The van der Waals surface area contributed by atoms with Crippen molar-refractivity contribution >= 4 is 23.4 Å². The van der Waals surface area contributed by atoms with Crippen LogP contribution in [-0.4, -0.2) is 23.8 Å². The van der Waals surface area contributed by atoms with E-state index in [9.17, 15) is 0 Å². The summed E-state index contributed by atoms with van der Waals surface area (Å²) < 4.78 is 0. The Morgan fingerprint density at radius 3 is 3.14 bits per heavy atom. The van der Waals surface area contributed by atoms with Crippen LogP contribution in [0.15, 0.2) is 23.4 Å². The van der Waals surface area contributed by atoms with Gasteiger partial charge in [-0.05, 0) is 19.2 Å². The average molecular weight is 228 g/mol. The Morgan fingerprint density at radius 1 is 1.79 bits per heavy atom. The van der Waals surface area contributed by atoms with Crippen molar-refractivity contribution in [3.05, 3.63) is 23.4 Å². The fourth-order valence-electron chi connectivity index (χ4n) is 0.825. The van der Waals surface area contributed by atoms with E-state index in [0.29, 0.717) is 10.8 Å². The van der Waals surface area contributed by atoms with Gasteiger partial charge in [-0.2, -0.15) is 5.26 Å². The molecule has 1 atom stereocenters. The van der Waals surface area contributed by atoms with E-state index in [0.717, 1.165) is 5.03 Å². The van der Waals surface area contributed by atoms with Crippen molar-refractivity contribution in [2.24, 2.45) is 0 Å². The lowest BCUT2D eigenvalue weighted by Gasteiger charge is -2.06. The van der Waals surface area contributed by atoms with Crippen molar-refractivity contribution in [2.45, 2.75) is 11.1 Å². The lowest BCUT2D eigenvalue weighted by Crippen LogP contribution is -2.25. The smallest absolute Gasteiger partial charge is 0.115 e. The van der Waals surface area contributed by atoms with Gasteiger partial charge in [-0.15, -0.1) is 11.8 Å². The van der Waals surface area contributed by atoms with Gasteiger partial charge in [0.15, 0.2) is 0 Å². The van der Waals surface area contributed by atoms with Gasteiger partial charge >= 0.3 is 0 Å². The van der Waals surface area contributed by atoms with Crippen LogP contribution in [0, 0.1) is 11.3 Å². The Morgan fingerprint density at radius 2 is 2.57 bits per heavy atom. The molecular formula is C9H10ClN3S. The molecule has 0 aliphatic heterocycles. The van der Waals surface area contributed by atoms with Gasteiger partial charge in [-0.25, -0.2) is 4.98 Å². The summed E-state index contributed by atoms with van der Waals surface area (Å²) >= 11 is 7.38. The molecule has 0 aliphatic carbocycles. The fourth-order valence-corrected chi connectivity index (χ4v) is 2.02. The lowest BCUT2D eigenvalue weighted by molar-refractivity contribution is 0.749. The van der Waals surface area contributed by atoms with Crippen LogP contribution in [0.4, 0.5) is 0 Å².